The van der Waals surface area contributed by atoms with E-state index in [0.29, 0.717) is 31.2 Å². The minimum Gasteiger partial charge on any atom is -0.459 e. The minimum absolute atomic E-state index is 0. The summed E-state index contributed by atoms with van der Waals surface area (Å²) in [6.07, 6.45) is 0. The molecule has 3 rings (SSSR count). The Morgan fingerprint density at radius 1 is 1.03 bits per heavy atom. The van der Waals surface area contributed by atoms with Crippen molar-refractivity contribution in [3.8, 4) is 0 Å². The first-order chi connectivity index (χ1) is 15.0. The number of fused-ring (bicyclic) bond motifs is 1. The molecule has 0 aliphatic carbocycles. The first kappa shape index (κ1) is 25.7. The molecule has 1 aromatic heterocycles. The van der Waals surface area contributed by atoms with Crippen LogP contribution < -0.4 is 16.0 Å². The maximum atomic E-state index is 12.3. The number of aliphatic imine (C=N–C) groups is 1. The molecular formula is C24H32IN5O2. The molecule has 0 unspecified atom stereocenters. The Balaban J connectivity index is 0.00000363. The Morgan fingerprint density at radius 2 is 1.78 bits per heavy atom. The van der Waals surface area contributed by atoms with Crippen LogP contribution in [0.4, 0.5) is 0 Å². The summed E-state index contributed by atoms with van der Waals surface area (Å²) in [5.41, 5.74) is 3.67. The first-order valence-corrected chi connectivity index (χ1v) is 10.4. The monoisotopic (exact) mass is 549 g/mol. The van der Waals surface area contributed by atoms with Crippen molar-refractivity contribution in [1.29, 1.82) is 0 Å². The number of carbonyl (C=O) groups is 1. The van der Waals surface area contributed by atoms with Crippen molar-refractivity contribution in [3.63, 3.8) is 0 Å². The number of guanidine groups is 1. The van der Waals surface area contributed by atoms with Gasteiger partial charge in [-0.1, -0.05) is 30.3 Å². The highest BCUT2D eigenvalue weighted by Crippen LogP contribution is 2.24. The van der Waals surface area contributed by atoms with Crippen molar-refractivity contribution < 1.29 is 9.21 Å². The molecule has 8 heteroatoms. The molecule has 1 heterocycles. The molecule has 0 aliphatic rings. The standard InChI is InChI=1S/C24H31N5O2.HI/c1-17-20-10-5-6-11-21(20)31-22(17)16-28-24(25-2)27-15-18-8-7-9-19(14-18)23(30)26-12-13-29(3)4;/h5-11,14H,12-13,15-16H2,1-4H3,(H,26,30)(H2,25,27,28);1H. The summed E-state index contributed by atoms with van der Waals surface area (Å²) >= 11 is 0. The topological polar surface area (TPSA) is 81.9 Å². The van der Waals surface area contributed by atoms with E-state index in [1.807, 2.05) is 61.5 Å². The summed E-state index contributed by atoms with van der Waals surface area (Å²) in [5.74, 6) is 1.49. The third-order valence-corrected chi connectivity index (χ3v) is 5.08. The third kappa shape index (κ3) is 6.96. The summed E-state index contributed by atoms with van der Waals surface area (Å²) in [6, 6.07) is 15.6. The zero-order valence-electron chi connectivity index (χ0n) is 19.1. The van der Waals surface area contributed by atoms with Gasteiger partial charge in [0.2, 0.25) is 0 Å². The van der Waals surface area contributed by atoms with Gasteiger partial charge in [-0.15, -0.1) is 24.0 Å². The van der Waals surface area contributed by atoms with Gasteiger partial charge in [-0.25, -0.2) is 0 Å². The van der Waals surface area contributed by atoms with Gasteiger partial charge in [0.1, 0.15) is 11.3 Å². The lowest BCUT2D eigenvalue weighted by Crippen LogP contribution is -2.36. The number of aryl methyl sites for hydroxylation is 1. The van der Waals surface area contributed by atoms with E-state index in [1.165, 1.54) is 0 Å². The number of benzene rings is 2. The molecule has 0 atom stereocenters. The van der Waals surface area contributed by atoms with Crippen LogP contribution in [-0.2, 0) is 13.1 Å². The van der Waals surface area contributed by atoms with Gasteiger partial charge in [-0.05, 0) is 44.8 Å². The van der Waals surface area contributed by atoms with E-state index in [-0.39, 0.29) is 29.9 Å². The highest BCUT2D eigenvalue weighted by molar-refractivity contribution is 14.0. The Labute approximate surface area is 206 Å². The smallest absolute Gasteiger partial charge is 0.251 e. The van der Waals surface area contributed by atoms with E-state index >= 15 is 0 Å². The van der Waals surface area contributed by atoms with Crippen LogP contribution >= 0.6 is 24.0 Å². The molecule has 0 fully saturated rings. The van der Waals surface area contributed by atoms with Crippen LogP contribution in [-0.4, -0.2) is 51.0 Å². The molecule has 3 aromatic rings. The van der Waals surface area contributed by atoms with Crippen molar-refractivity contribution in [2.45, 2.75) is 20.0 Å². The van der Waals surface area contributed by atoms with Gasteiger partial charge < -0.3 is 25.3 Å². The highest BCUT2D eigenvalue weighted by Gasteiger charge is 2.11. The molecule has 172 valence electrons. The van der Waals surface area contributed by atoms with Crippen molar-refractivity contribution in [2.24, 2.45) is 4.99 Å². The van der Waals surface area contributed by atoms with Crippen LogP contribution in [0, 0.1) is 6.92 Å². The fourth-order valence-electron chi connectivity index (χ4n) is 3.28. The van der Waals surface area contributed by atoms with Crippen molar-refractivity contribution in [1.82, 2.24) is 20.9 Å². The van der Waals surface area contributed by atoms with Crippen molar-refractivity contribution in [3.05, 3.63) is 71.0 Å². The highest BCUT2D eigenvalue weighted by atomic mass is 127. The molecule has 0 saturated carbocycles. The van der Waals surface area contributed by atoms with Crippen LogP contribution in [0.15, 0.2) is 57.9 Å². The minimum atomic E-state index is -0.0634. The van der Waals surface area contributed by atoms with E-state index in [1.54, 1.807) is 7.05 Å². The van der Waals surface area contributed by atoms with Gasteiger partial charge in [0.25, 0.3) is 5.91 Å². The summed E-state index contributed by atoms with van der Waals surface area (Å²) in [4.78, 5) is 18.7. The predicted molar refractivity (Wildman–Crippen MR) is 141 cm³/mol. The number of nitrogens with zero attached hydrogens (tertiary/aromatic N) is 2. The molecule has 0 radical (unpaired) electrons. The zero-order chi connectivity index (χ0) is 22.2. The summed E-state index contributed by atoms with van der Waals surface area (Å²) in [5, 5.41) is 10.7. The van der Waals surface area contributed by atoms with Crippen LogP contribution in [0.5, 0.6) is 0 Å². The molecule has 2 aromatic carbocycles. The molecule has 32 heavy (non-hydrogen) atoms. The van der Waals surface area contributed by atoms with E-state index in [0.717, 1.165) is 34.4 Å². The number of halogens is 1. The normalized spacial score (nSPS) is 11.3. The third-order valence-electron chi connectivity index (χ3n) is 5.08. The number of rotatable bonds is 8. The van der Waals surface area contributed by atoms with Crippen LogP contribution in [0.3, 0.4) is 0 Å². The lowest BCUT2D eigenvalue weighted by atomic mass is 10.1. The number of furan rings is 1. The number of likely N-dealkylation sites (N-methyl/N-ethyl adjacent to an activating group) is 1. The maximum Gasteiger partial charge on any atom is 0.251 e. The van der Waals surface area contributed by atoms with Crippen molar-refractivity contribution >= 4 is 46.8 Å². The van der Waals surface area contributed by atoms with Gasteiger partial charge in [-0.2, -0.15) is 0 Å². The van der Waals surface area contributed by atoms with Crippen molar-refractivity contribution in [2.75, 3.05) is 34.2 Å². The maximum absolute atomic E-state index is 12.3. The number of nitrogens with one attached hydrogen (secondary N) is 3. The second-order valence-electron chi connectivity index (χ2n) is 7.69. The Hall–Kier alpha value is -2.59. The molecule has 7 nitrogen and oxygen atoms in total. The second-order valence-corrected chi connectivity index (χ2v) is 7.69. The lowest BCUT2D eigenvalue weighted by molar-refractivity contribution is 0.0951. The lowest BCUT2D eigenvalue weighted by Gasteiger charge is -2.13. The molecule has 0 aliphatic heterocycles. The predicted octanol–water partition coefficient (Wildman–Crippen LogP) is 3.52. The molecule has 3 N–H and O–H groups in total. The molecule has 0 bridgehead atoms. The van der Waals surface area contributed by atoms with Gasteiger partial charge in [0, 0.05) is 43.2 Å². The van der Waals surface area contributed by atoms with Gasteiger partial charge in [0.15, 0.2) is 5.96 Å². The fraction of sp³-hybridized carbons (Fsp3) is 0.333. The number of para-hydroxylation sites is 1. The summed E-state index contributed by atoms with van der Waals surface area (Å²) in [6.45, 7) is 4.58. The SMILES string of the molecule is CN=C(NCc1cccc(C(=O)NCCN(C)C)c1)NCc1oc2ccccc2c1C.I. The number of amides is 1. The quantitative estimate of drug-likeness (QED) is 0.228. The Bertz CT molecular complexity index is 1060. The summed E-state index contributed by atoms with van der Waals surface area (Å²) in [7, 11) is 5.69. The number of hydrogen-bond acceptors (Lipinski definition) is 4. The first-order valence-electron chi connectivity index (χ1n) is 10.4. The molecule has 0 spiro atoms. The van der Waals surface area contributed by atoms with E-state index < -0.39 is 0 Å². The summed E-state index contributed by atoms with van der Waals surface area (Å²) < 4.78 is 5.95. The molecule has 1 amide bonds. The van der Waals surface area contributed by atoms with Crippen LogP contribution in [0.2, 0.25) is 0 Å². The van der Waals surface area contributed by atoms with E-state index in [9.17, 15) is 4.79 Å². The van der Waals surface area contributed by atoms with Gasteiger partial charge in [0.05, 0.1) is 6.54 Å². The molecule has 0 saturated heterocycles. The number of hydrogen-bond donors (Lipinski definition) is 3. The van der Waals surface area contributed by atoms with Crippen LogP contribution in [0.25, 0.3) is 11.0 Å². The fourth-order valence-corrected chi connectivity index (χ4v) is 3.28. The number of carbonyl (C=O) groups excluding carboxylic acids is 1. The van der Waals surface area contributed by atoms with E-state index in [2.05, 4.69) is 33.9 Å². The largest absolute Gasteiger partial charge is 0.459 e. The van der Waals surface area contributed by atoms with Gasteiger partial charge in [-0.3, -0.25) is 9.79 Å². The Kier molecular flexibility index (Phi) is 9.98. The van der Waals surface area contributed by atoms with Crippen LogP contribution in [0.1, 0.15) is 27.2 Å². The molecular weight excluding hydrogens is 517 g/mol. The second kappa shape index (κ2) is 12.4. The average molecular weight is 549 g/mol. The zero-order valence-corrected chi connectivity index (χ0v) is 21.4. The Morgan fingerprint density at radius 3 is 2.50 bits per heavy atom. The van der Waals surface area contributed by atoms with Gasteiger partial charge >= 0.3 is 0 Å². The van der Waals surface area contributed by atoms with E-state index in [4.69, 9.17) is 4.42 Å². The average Bonchev–Trinajstić information content (AvgIpc) is 3.09.